The van der Waals surface area contributed by atoms with Crippen LogP contribution in [0.3, 0.4) is 0 Å². The Kier molecular flexibility index (Phi) is 4.21. The molecular formula is C13H14FN3OS. The van der Waals surface area contributed by atoms with E-state index in [9.17, 15) is 9.18 Å². The Balaban J connectivity index is 1.94. The van der Waals surface area contributed by atoms with E-state index in [0.29, 0.717) is 17.9 Å². The fraction of sp³-hybridized carbons (Fsp3) is 0.231. The number of carbonyl (C=O) groups excluding carboxylic acids is 1. The van der Waals surface area contributed by atoms with Gasteiger partial charge in [-0.3, -0.25) is 9.48 Å². The van der Waals surface area contributed by atoms with Crippen molar-refractivity contribution in [2.24, 2.45) is 7.05 Å². The van der Waals surface area contributed by atoms with E-state index in [4.69, 9.17) is 0 Å². The van der Waals surface area contributed by atoms with Gasteiger partial charge in [0.2, 0.25) is 0 Å². The van der Waals surface area contributed by atoms with E-state index in [2.05, 4.69) is 23.0 Å². The van der Waals surface area contributed by atoms with Crippen LogP contribution in [-0.4, -0.2) is 22.2 Å². The van der Waals surface area contributed by atoms with Crippen LogP contribution >= 0.6 is 12.6 Å². The third-order valence-electron chi connectivity index (χ3n) is 2.78. The number of nitrogens with one attached hydrogen (secondary N) is 1. The number of aromatic nitrogens is 2. The Bertz CT molecular complexity index is 597. The fourth-order valence-electron chi connectivity index (χ4n) is 1.73. The topological polar surface area (TPSA) is 46.9 Å². The standard InChI is InChI=1S/C13H14FN3OS/c1-17-9(5-7-16-17)4-6-15-13(18)11-8-10(19)2-3-12(11)14/h2-3,5,7-8,19H,4,6H2,1H3,(H,15,18). The summed E-state index contributed by atoms with van der Waals surface area (Å²) in [5, 5.41) is 6.71. The molecule has 1 amide bonds. The highest BCUT2D eigenvalue weighted by Crippen LogP contribution is 2.13. The second-order valence-electron chi connectivity index (χ2n) is 4.12. The van der Waals surface area contributed by atoms with Gasteiger partial charge in [0.15, 0.2) is 0 Å². The van der Waals surface area contributed by atoms with E-state index >= 15 is 0 Å². The Morgan fingerprint density at radius 2 is 2.26 bits per heavy atom. The van der Waals surface area contributed by atoms with Crippen LogP contribution in [0.2, 0.25) is 0 Å². The number of halogens is 1. The van der Waals surface area contributed by atoms with Crippen molar-refractivity contribution in [2.75, 3.05) is 6.54 Å². The minimum atomic E-state index is -0.546. The minimum Gasteiger partial charge on any atom is -0.352 e. The number of hydrogen-bond acceptors (Lipinski definition) is 3. The first-order valence-corrected chi connectivity index (χ1v) is 6.26. The molecule has 0 radical (unpaired) electrons. The number of aryl methyl sites for hydroxylation is 1. The van der Waals surface area contributed by atoms with Crippen LogP contribution in [-0.2, 0) is 13.5 Å². The summed E-state index contributed by atoms with van der Waals surface area (Å²) in [5.41, 5.74) is 1.02. The molecule has 1 heterocycles. The Labute approximate surface area is 116 Å². The maximum absolute atomic E-state index is 13.5. The summed E-state index contributed by atoms with van der Waals surface area (Å²) in [6.45, 7) is 0.425. The lowest BCUT2D eigenvalue weighted by Crippen LogP contribution is -2.27. The number of hydrogen-bond donors (Lipinski definition) is 2. The van der Waals surface area contributed by atoms with Crippen molar-refractivity contribution in [1.29, 1.82) is 0 Å². The molecule has 1 N–H and O–H groups in total. The van der Waals surface area contributed by atoms with Crippen LogP contribution in [0.5, 0.6) is 0 Å². The quantitative estimate of drug-likeness (QED) is 0.839. The first-order chi connectivity index (χ1) is 9.08. The van der Waals surface area contributed by atoms with Crippen LogP contribution in [0.1, 0.15) is 16.1 Å². The van der Waals surface area contributed by atoms with Crippen molar-refractivity contribution in [3.05, 3.63) is 47.5 Å². The molecule has 2 rings (SSSR count). The van der Waals surface area contributed by atoms with Gasteiger partial charge in [-0.1, -0.05) is 0 Å². The van der Waals surface area contributed by atoms with Crippen LogP contribution in [0, 0.1) is 5.82 Å². The number of carbonyl (C=O) groups is 1. The molecule has 0 fully saturated rings. The SMILES string of the molecule is Cn1nccc1CCNC(=O)c1cc(S)ccc1F. The third-order valence-corrected chi connectivity index (χ3v) is 3.06. The summed E-state index contributed by atoms with van der Waals surface area (Å²) < 4.78 is 15.2. The maximum atomic E-state index is 13.5. The van der Waals surface area contributed by atoms with Gasteiger partial charge >= 0.3 is 0 Å². The van der Waals surface area contributed by atoms with E-state index < -0.39 is 11.7 Å². The zero-order valence-electron chi connectivity index (χ0n) is 10.4. The summed E-state index contributed by atoms with van der Waals surface area (Å²) in [7, 11) is 1.83. The van der Waals surface area contributed by atoms with E-state index in [0.717, 1.165) is 5.69 Å². The lowest BCUT2D eigenvalue weighted by Gasteiger charge is -2.07. The molecule has 0 spiro atoms. The lowest BCUT2D eigenvalue weighted by molar-refractivity contribution is 0.0949. The first kappa shape index (κ1) is 13.6. The molecule has 0 saturated carbocycles. The zero-order valence-corrected chi connectivity index (χ0v) is 11.3. The highest BCUT2D eigenvalue weighted by atomic mass is 32.1. The van der Waals surface area contributed by atoms with Crippen LogP contribution < -0.4 is 5.32 Å². The second kappa shape index (κ2) is 5.88. The van der Waals surface area contributed by atoms with Gasteiger partial charge in [0.05, 0.1) is 5.56 Å². The zero-order chi connectivity index (χ0) is 13.8. The van der Waals surface area contributed by atoms with Gasteiger partial charge in [0.25, 0.3) is 5.91 Å². The molecule has 1 aromatic heterocycles. The van der Waals surface area contributed by atoms with Gasteiger partial charge in [0, 0.05) is 36.8 Å². The molecule has 19 heavy (non-hydrogen) atoms. The molecule has 1 aromatic carbocycles. The average Bonchev–Trinajstić information content (AvgIpc) is 2.78. The maximum Gasteiger partial charge on any atom is 0.254 e. The summed E-state index contributed by atoms with van der Waals surface area (Å²) in [4.78, 5) is 12.4. The summed E-state index contributed by atoms with van der Waals surface area (Å²) in [6, 6.07) is 6.03. The van der Waals surface area contributed by atoms with E-state index in [1.54, 1.807) is 10.9 Å². The number of rotatable bonds is 4. The molecule has 4 nitrogen and oxygen atoms in total. The Morgan fingerprint density at radius 3 is 2.95 bits per heavy atom. The smallest absolute Gasteiger partial charge is 0.254 e. The summed E-state index contributed by atoms with van der Waals surface area (Å²) >= 11 is 4.09. The normalized spacial score (nSPS) is 10.5. The van der Waals surface area contributed by atoms with Crippen molar-refractivity contribution in [2.45, 2.75) is 11.3 Å². The Morgan fingerprint density at radius 1 is 1.47 bits per heavy atom. The minimum absolute atomic E-state index is 0.0116. The number of nitrogens with zero attached hydrogens (tertiary/aromatic N) is 2. The van der Waals surface area contributed by atoms with Gasteiger partial charge in [-0.25, -0.2) is 4.39 Å². The molecule has 0 saturated heterocycles. The van der Waals surface area contributed by atoms with Crippen LogP contribution in [0.15, 0.2) is 35.4 Å². The fourth-order valence-corrected chi connectivity index (χ4v) is 1.94. The first-order valence-electron chi connectivity index (χ1n) is 5.81. The van der Waals surface area contributed by atoms with Crippen molar-refractivity contribution in [3.8, 4) is 0 Å². The molecular weight excluding hydrogens is 265 g/mol. The number of benzene rings is 1. The molecule has 0 bridgehead atoms. The van der Waals surface area contributed by atoms with Gasteiger partial charge in [-0.05, 0) is 24.3 Å². The highest BCUT2D eigenvalue weighted by molar-refractivity contribution is 7.80. The van der Waals surface area contributed by atoms with Gasteiger partial charge in [-0.2, -0.15) is 5.10 Å². The van der Waals surface area contributed by atoms with Crippen molar-refractivity contribution in [3.63, 3.8) is 0 Å². The second-order valence-corrected chi connectivity index (χ2v) is 4.63. The molecule has 0 atom stereocenters. The summed E-state index contributed by atoms with van der Waals surface area (Å²) in [6.07, 6.45) is 2.34. The molecule has 6 heteroatoms. The van der Waals surface area contributed by atoms with E-state index in [-0.39, 0.29) is 5.56 Å². The van der Waals surface area contributed by atoms with Crippen molar-refractivity contribution in [1.82, 2.24) is 15.1 Å². The molecule has 0 aliphatic heterocycles. The average molecular weight is 279 g/mol. The summed E-state index contributed by atoms with van der Waals surface area (Å²) in [5.74, 6) is -0.980. The van der Waals surface area contributed by atoms with E-state index in [1.807, 2.05) is 13.1 Å². The predicted octanol–water partition coefficient (Wildman–Crippen LogP) is 1.82. The molecule has 100 valence electrons. The predicted molar refractivity (Wildman–Crippen MR) is 72.9 cm³/mol. The number of amides is 1. The molecule has 2 aromatic rings. The molecule has 0 unspecified atom stereocenters. The van der Waals surface area contributed by atoms with Crippen molar-refractivity contribution >= 4 is 18.5 Å². The monoisotopic (exact) mass is 279 g/mol. The lowest BCUT2D eigenvalue weighted by atomic mass is 10.2. The number of thiol groups is 1. The van der Waals surface area contributed by atoms with Crippen molar-refractivity contribution < 1.29 is 9.18 Å². The molecule has 0 aliphatic rings. The Hall–Kier alpha value is -1.82. The highest BCUT2D eigenvalue weighted by Gasteiger charge is 2.11. The largest absolute Gasteiger partial charge is 0.352 e. The third kappa shape index (κ3) is 3.35. The van der Waals surface area contributed by atoms with Gasteiger partial charge in [-0.15, -0.1) is 12.6 Å². The van der Waals surface area contributed by atoms with Gasteiger partial charge in [0.1, 0.15) is 5.82 Å². The molecule has 0 aliphatic carbocycles. The van der Waals surface area contributed by atoms with Crippen LogP contribution in [0.25, 0.3) is 0 Å². The van der Waals surface area contributed by atoms with E-state index in [1.165, 1.54) is 18.2 Å². The van der Waals surface area contributed by atoms with Gasteiger partial charge < -0.3 is 5.32 Å². The van der Waals surface area contributed by atoms with Crippen LogP contribution in [0.4, 0.5) is 4.39 Å².